The van der Waals surface area contributed by atoms with Crippen molar-refractivity contribution < 1.29 is 9.52 Å². The van der Waals surface area contributed by atoms with Crippen molar-refractivity contribution in [1.82, 2.24) is 15.1 Å². The molecular weight excluding hydrogens is 194 g/mol. The van der Waals surface area contributed by atoms with Crippen LogP contribution in [0.1, 0.15) is 38.1 Å². The zero-order valence-electron chi connectivity index (χ0n) is 9.18. The molecular formula is C10H17N3O2. The normalized spacial score (nSPS) is 24.6. The van der Waals surface area contributed by atoms with Crippen LogP contribution in [0.3, 0.4) is 0 Å². The lowest BCUT2D eigenvalue weighted by atomic mass is 10.3. The summed E-state index contributed by atoms with van der Waals surface area (Å²) in [6.07, 6.45) is 1.39. The molecule has 0 amide bonds. The Morgan fingerprint density at radius 1 is 1.60 bits per heavy atom. The average molecular weight is 211 g/mol. The Balaban J connectivity index is 2.03. The summed E-state index contributed by atoms with van der Waals surface area (Å²) in [4.78, 5) is 2.16. The van der Waals surface area contributed by atoms with Gasteiger partial charge in [0.25, 0.3) is 0 Å². The van der Waals surface area contributed by atoms with E-state index in [1.807, 2.05) is 13.8 Å². The summed E-state index contributed by atoms with van der Waals surface area (Å²) in [5.74, 6) is 1.33. The molecule has 1 saturated heterocycles. The summed E-state index contributed by atoms with van der Waals surface area (Å²) in [6, 6.07) is 0.106. The molecule has 2 atom stereocenters. The predicted molar refractivity (Wildman–Crippen MR) is 54.3 cm³/mol. The predicted octanol–water partition coefficient (Wildman–Crippen LogP) is 0.760. The van der Waals surface area contributed by atoms with Crippen molar-refractivity contribution in [3.8, 4) is 0 Å². The SMILES string of the molecule is CCc1nnc(C(C)N2CC[C@H](O)C2)o1. The molecule has 1 N–H and O–H groups in total. The molecule has 0 spiro atoms. The van der Waals surface area contributed by atoms with E-state index in [1.54, 1.807) is 0 Å². The molecule has 1 aliphatic heterocycles. The second-order valence-corrected chi connectivity index (χ2v) is 4.00. The topological polar surface area (TPSA) is 62.4 Å². The lowest BCUT2D eigenvalue weighted by Crippen LogP contribution is -2.25. The Morgan fingerprint density at radius 3 is 2.93 bits per heavy atom. The molecule has 0 aromatic carbocycles. The standard InChI is InChI=1S/C10H17N3O2/c1-3-9-11-12-10(15-9)7(2)13-5-4-8(14)6-13/h7-8,14H,3-6H2,1-2H3/t7?,8-/m0/s1. The molecule has 84 valence electrons. The fourth-order valence-electron chi connectivity index (χ4n) is 1.85. The highest BCUT2D eigenvalue weighted by atomic mass is 16.4. The lowest BCUT2D eigenvalue weighted by molar-refractivity contribution is 0.154. The van der Waals surface area contributed by atoms with Crippen LogP contribution >= 0.6 is 0 Å². The second kappa shape index (κ2) is 4.28. The molecule has 0 bridgehead atoms. The zero-order valence-corrected chi connectivity index (χ0v) is 9.18. The summed E-state index contributed by atoms with van der Waals surface area (Å²) in [5.41, 5.74) is 0. The highest BCUT2D eigenvalue weighted by molar-refractivity contribution is 4.91. The third-order valence-electron chi connectivity index (χ3n) is 2.88. The largest absolute Gasteiger partial charge is 0.424 e. The van der Waals surface area contributed by atoms with Crippen LogP contribution in [0.2, 0.25) is 0 Å². The van der Waals surface area contributed by atoms with Crippen molar-refractivity contribution in [2.75, 3.05) is 13.1 Å². The number of nitrogens with zero attached hydrogens (tertiary/aromatic N) is 3. The minimum atomic E-state index is -0.207. The van der Waals surface area contributed by atoms with Gasteiger partial charge in [-0.3, -0.25) is 4.90 Å². The quantitative estimate of drug-likeness (QED) is 0.799. The molecule has 1 aromatic heterocycles. The summed E-state index contributed by atoms with van der Waals surface area (Å²) in [7, 11) is 0. The molecule has 1 aliphatic rings. The molecule has 0 aliphatic carbocycles. The van der Waals surface area contributed by atoms with E-state index in [1.165, 1.54) is 0 Å². The van der Waals surface area contributed by atoms with Gasteiger partial charge in [0.15, 0.2) is 0 Å². The lowest BCUT2D eigenvalue weighted by Gasteiger charge is -2.20. The van der Waals surface area contributed by atoms with E-state index < -0.39 is 0 Å². The molecule has 1 aromatic rings. The molecule has 5 nitrogen and oxygen atoms in total. The van der Waals surface area contributed by atoms with Crippen molar-refractivity contribution in [2.24, 2.45) is 0 Å². The molecule has 5 heteroatoms. The van der Waals surface area contributed by atoms with Gasteiger partial charge in [-0.25, -0.2) is 0 Å². The van der Waals surface area contributed by atoms with Gasteiger partial charge in [0.05, 0.1) is 12.1 Å². The fourth-order valence-corrected chi connectivity index (χ4v) is 1.85. The van der Waals surface area contributed by atoms with E-state index in [-0.39, 0.29) is 12.1 Å². The first kappa shape index (κ1) is 10.6. The minimum Gasteiger partial charge on any atom is -0.424 e. The van der Waals surface area contributed by atoms with Crippen LogP contribution < -0.4 is 0 Å². The Kier molecular flexibility index (Phi) is 3.02. The van der Waals surface area contributed by atoms with Crippen LogP contribution in [0.5, 0.6) is 0 Å². The Morgan fingerprint density at radius 2 is 2.40 bits per heavy atom. The number of aromatic nitrogens is 2. The monoisotopic (exact) mass is 211 g/mol. The molecule has 1 fully saturated rings. The number of aryl methyl sites for hydroxylation is 1. The van der Waals surface area contributed by atoms with Crippen LogP contribution in [-0.4, -0.2) is 39.4 Å². The summed E-state index contributed by atoms with van der Waals surface area (Å²) in [6.45, 7) is 5.61. The molecule has 0 radical (unpaired) electrons. The van der Waals surface area contributed by atoms with Gasteiger partial charge in [0.2, 0.25) is 11.8 Å². The van der Waals surface area contributed by atoms with Crippen LogP contribution in [0.15, 0.2) is 4.42 Å². The summed E-state index contributed by atoms with van der Waals surface area (Å²) in [5, 5.41) is 17.4. The van der Waals surface area contributed by atoms with E-state index in [0.717, 1.165) is 19.4 Å². The Bertz CT molecular complexity index is 326. The van der Waals surface area contributed by atoms with Gasteiger partial charge in [0, 0.05) is 19.5 Å². The maximum Gasteiger partial charge on any atom is 0.233 e. The Hall–Kier alpha value is -0.940. The maximum absolute atomic E-state index is 9.44. The maximum atomic E-state index is 9.44. The number of aliphatic hydroxyl groups is 1. The molecule has 1 unspecified atom stereocenters. The van der Waals surface area contributed by atoms with Crippen LogP contribution in [-0.2, 0) is 6.42 Å². The van der Waals surface area contributed by atoms with Crippen molar-refractivity contribution in [3.05, 3.63) is 11.8 Å². The van der Waals surface area contributed by atoms with E-state index in [0.29, 0.717) is 18.3 Å². The number of hydrogen-bond donors (Lipinski definition) is 1. The first-order valence-corrected chi connectivity index (χ1v) is 5.45. The Labute approximate surface area is 89.1 Å². The molecule has 2 heterocycles. The molecule has 2 rings (SSSR count). The number of hydrogen-bond acceptors (Lipinski definition) is 5. The smallest absolute Gasteiger partial charge is 0.233 e. The van der Waals surface area contributed by atoms with Gasteiger partial charge >= 0.3 is 0 Å². The van der Waals surface area contributed by atoms with Gasteiger partial charge in [-0.05, 0) is 13.3 Å². The first-order valence-electron chi connectivity index (χ1n) is 5.45. The van der Waals surface area contributed by atoms with Gasteiger partial charge in [0.1, 0.15) is 0 Å². The summed E-state index contributed by atoms with van der Waals surface area (Å²) < 4.78 is 5.50. The van der Waals surface area contributed by atoms with Gasteiger partial charge in [-0.2, -0.15) is 0 Å². The van der Waals surface area contributed by atoms with Crippen molar-refractivity contribution in [2.45, 2.75) is 38.8 Å². The van der Waals surface area contributed by atoms with E-state index in [2.05, 4.69) is 15.1 Å². The van der Waals surface area contributed by atoms with E-state index >= 15 is 0 Å². The first-order chi connectivity index (χ1) is 7.20. The average Bonchev–Trinajstić information content (AvgIpc) is 2.84. The number of β-amino-alcohol motifs (C(OH)–C–C–N with tert-alkyl or cyclic N) is 1. The van der Waals surface area contributed by atoms with Gasteiger partial charge < -0.3 is 9.52 Å². The second-order valence-electron chi connectivity index (χ2n) is 4.00. The van der Waals surface area contributed by atoms with Crippen molar-refractivity contribution in [1.29, 1.82) is 0 Å². The van der Waals surface area contributed by atoms with Crippen LogP contribution in [0, 0.1) is 0 Å². The number of likely N-dealkylation sites (tertiary alicyclic amines) is 1. The minimum absolute atomic E-state index is 0.106. The van der Waals surface area contributed by atoms with Crippen LogP contribution in [0.4, 0.5) is 0 Å². The highest BCUT2D eigenvalue weighted by Gasteiger charge is 2.28. The third kappa shape index (κ3) is 2.18. The zero-order chi connectivity index (χ0) is 10.8. The third-order valence-corrected chi connectivity index (χ3v) is 2.88. The highest BCUT2D eigenvalue weighted by Crippen LogP contribution is 2.23. The van der Waals surface area contributed by atoms with Crippen LogP contribution in [0.25, 0.3) is 0 Å². The molecule has 0 saturated carbocycles. The number of aliphatic hydroxyl groups excluding tert-OH is 1. The van der Waals surface area contributed by atoms with E-state index in [9.17, 15) is 5.11 Å². The molecule has 15 heavy (non-hydrogen) atoms. The van der Waals surface area contributed by atoms with Crippen molar-refractivity contribution in [3.63, 3.8) is 0 Å². The van der Waals surface area contributed by atoms with Gasteiger partial charge in [-0.1, -0.05) is 6.92 Å². The van der Waals surface area contributed by atoms with E-state index in [4.69, 9.17) is 4.42 Å². The van der Waals surface area contributed by atoms with Crippen molar-refractivity contribution >= 4 is 0 Å². The van der Waals surface area contributed by atoms with Gasteiger partial charge in [-0.15, -0.1) is 10.2 Å². The summed E-state index contributed by atoms with van der Waals surface area (Å²) >= 11 is 0. The number of rotatable bonds is 3. The fraction of sp³-hybridized carbons (Fsp3) is 0.800.